The van der Waals surface area contributed by atoms with Crippen LogP contribution in [0.3, 0.4) is 0 Å². The second-order valence-electron chi connectivity index (χ2n) is 7.78. The first-order valence-electron chi connectivity index (χ1n) is 9.28. The van der Waals surface area contributed by atoms with E-state index >= 15 is 0 Å². The summed E-state index contributed by atoms with van der Waals surface area (Å²) in [5, 5.41) is 12.9. The maximum absolute atomic E-state index is 13.6. The molecule has 2 N–H and O–H groups in total. The Balaban J connectivity index is 1.88. The van der Waals surface area contributed by atoms with Crippen molar-refractivity contribution in [2.45, 2.75) is 39.1 Å². The zero-order valence-electron chi connectivity index (χ0n) is 17.0. The van der Waals surface area contributed by atoms with Crippen LogP contribution >= 0.6 is 0 Å². The van der Waals surface area contributed by atoms with E-state index in [1.165, 1.54) is 16.7 Å². The van der Waals surface area contributed by atoms with Crippen LogP contribution in [0.25, 0.3) is 0 Å². The minimum atomic E-state index is -0.865. The highest BCUT2D eigenvalue weighted by Gasteiger charge is 2.34. The van der Waals surface area contributed by atoms with Crippen molar-refractivity contribution in [2.75, 3.05) is 20.7 Å². The van der Waals surface area contributed by atoms with E-state index in [1.54, 1.807) is 19.9 Å². The molecule has 1 amide bonds. The summed E-state index contributed by atoms with van der Waals surface area (Å²) in [5.41, 5.74) is -0.433. The number of benzene rings is 1. The molecule has 0 saturated heterocycles. The second-order valence-corrected chi connectivity index (χ2v) is 7.78. The van der Waals surface area contributed by atoms with Gasteiger partial charge in [0, 0.05) is 13.1 Å². The molecule has 1 aliphatic rings. The van der Waals surface area contributed by atoms with E-state index in [4.69, 9.17) is 4.74 Å². The first kappa shape index (κ1) is 20.9. The molecule has 1 aromatic heterocycles. The minimum Gasteiger partial charge on any atom is -0.501 e. The Kier molecular flexibility index (Phi) is 5.72. The van der Waals surface area contributed by atoms with Gasteiger partial charge in [-0.15, -0.1) is 0 Å². The molecule has 8 nitrogen and oxygen atoms in total. The minimum absolute atomic E-state index is 0.0989. The average molecular weight is 404 g/mol. The van der Waals surface area contributed by atoms with Crippen molar-refractivity contribution >= 4 is 5.91 Å². The molecule has 0 fully saturated rings. The van der Waals surface area contributed by atoms with Gasteiger partial charge in [0.25, 0.3) is 11.5 Å². The van der Waals surface area contributed by atoms with E-state index in [0.29, 0.717) is 13.2 Å². The molecule has 0 atom stereocenters. The van der Waals surface area contributed by atoms with Crippen LogP contribution in [-0.4, -0.2) is 46.2 Å². The zero-order valence-corrected chi connectivity index (χ0v) is 17.0. The number of nitrogens with one attached hydrogen (secondary N) is 1. The number of hydrogen-bond donors (Lipinski definition) is 2. The number of ether oxygens (including phenoxy) is 1. The number of carbonyl (C=O) groups excluding carboxylic acids is 1. The van der Waals surface area contributed by atoms with Gasteiger partial charge in [-0.3, -0.25) is 14.2 Å². The SMILES string of the molecule is CN(C)Cc1cc(F)ccc1CNC(=O)c1nc2n(c(=O)c1O)CCOC2(C)C. The van der Waals surface area contributed by atoms with Gasteiger partial charge in [-0.2, -0.15) is 0 Å². The summed E-state index contributed by atoms with van der Waals surface area (Å²) in [5.74, 6) is -1.46. The molecule has 0 aliphatic carbocycles. The molecule has 0 saturated carbocycles. The Bertz CT molecular complexity index is 1000. The Morgan fingerprint density at radius 1 is 1.38 bits per heavy atom. The Labute approximate surface area is 167 Å². The molecular formula is C20H25FN4O4. The van der Waals surface area contributed by atoms with Gasteiger partial charge in [0.05, 0.1) is 13.2 Å². The lowest BCUT2D eigenvalue weighted by Crippen LogP contribution is -2.42. The summed E-state index contributed by atoms with van der Waals surface area (Å²) < 4.78 is 20.6. The molecule has 3 rings (SSSR count). The molecule has 0 spiro atoms. The van der Waals surface area contributed by atoms with E-state index in [1.807, 2.05) is 19.0 Å². The van der Waals surface area contributed by atoms with Crippen LogP contribution in [0, 0.1) is 5.82 Å². The van der Waals surface area contributed by atoms with Crippen molar-refractivity contribution in [3.8, 4) is 5.75 Å². The maximum Gasteiger partial charge on any atom is 0.296 e. The van der Waals surface area contributed by atoms with Crippen LogP contribution in [0.5, 0.6) is 5.75 Å². The van der Waals surface area contributed by atoms with Crippen molar-refractivity contribution < 1.29 is 19.0 Å². The highest BCUT2D eigenvalue weighted by Crippen LogP contribution is 2.27. The van der Waals surface area contributed by atoms with Crippen LogP contribution in [-0.2, 0) is 30.0 Å². The van der Waals surface area contributed by atoms with Gasteiger partial charge in [-0.25, -0.2) is 9.37 Å². The van der Waals surface area contributed by atoms with E-state index in [2.05, 4.69) is 10.3 Å². The monoisotopic (exact) mass is 404 g/mol. The van der Waals surface area contributed by atoms with Gasteiger partial charge in [0.15, 0.2) is 5.69 Å². The molecule has 0 unspecified atom stereocenters. The number of hydrogen-bond acceptors (Lipinski definition) is 6. The third kappa shape index (κ3) is 4.30. The maximum atomic E-state index is 13.6. The fourth-order valence-electron chi connectivity index (χ4n) is 3.34. The number of amides is 1. The highest BCUT2D eigenvalue weighted by atomic mass is 19.1. The molecule has 2 aromatic rings. The summed E-state index contributed by atoms with van der Waals surface area (Å²) in [6.45, 7) is 4.65. The fraction of sp³-hybridized carbons (Fsp3) is 0.450. The van der Waals surface area contributed by atoms with E-state index in [0.717, 1.165) is 11.1 Å². The first-order chi connectivity index (χ1) is 13.6. The van der Waals surface area contributed by atoms with Crippen LogP contribution < -0.4 is 10.9 Å². The lowest BCUT2D eigenvalue weighted by molar-refractivity contribution is -0.0566. The zero-order chi connectivity index (χ0) is 21.3. The molecule has 1 aliphatic heterocycles. The lowest BCUT2D eigenvalue weighted by atomic mass is 10.1. The summed E-state index contributed by atoms with van der Waals surface area (Å²) in [6, 6.07) is 4.34. The Hall–Kier alpha value is -2.78. The molecule has 156 valence electrons. The Morgan fingerprint density at radius 2 is 2.10 bits per heavy atom. The smallest absolute Gasteiger partial charge is 0.296 e. The molecule has 2 heterocycles. The molecule has 29 heavy (non-hydrogen) atoms. The van der Waals surface area contributed by atoms with Gasteiger partial charge in [0.1, 0.15) is 17.2 Å². The lowest BCUT2D eigenvalue weighted by Gasteiger charge is -2.32. The number of carbonyl (C=O) groups is 1. The molecule has 1 aromatic carbocycles. The number of rotatable bonds is 5. The predicted octanol–water partition coefficient (Wildman–Crippen LogP) is 1.34. The van der Waals surface area contributed by atoms with E-state index in [9.17, 15) is 19.1 Å². The number of aromatic hydroxyl groups is 1. The van der Waals surface area contributed by atoms with Gasteiger partial charge in [-0.1, -0.05) is 6.07 Å². The summed E-state index contributed by atoms with van der Waals surface area (Å²) in [7, 11) is 3.72. The number of fused-ring (bicyclic) bond motifs is 1. The molecule has 9 heteroatoms. The fourth-order valence-corrected chi connectivity index (χ4v) is 3.34. The van der Waals surface area contributed by atoms with Crippen molar-refractivity contribution in [3.63, 3.8) is 0 Å². The summed E-state index contributed by atoms with van der Waals surface area (Å²) in [4.78, 5) is 31.3. The molecule has 0 bridgehead atoms. The van der Waals surface area contributed by atoms with Crippen LogP contribution in [0.15, 0.2) is 23.0 Å². The van der Waals surface area contributed by atoms with Gasteiger partial charge >= 0.3 is 0 Å². The Morgan fingerprint density at radius 3 is 2.79 bits per heavy atom. The van der Waals surface area contributed by atoms with E-state index in [-0.39, 0.29) is 30.4 Å². The van der Waals surface area contributed by atoms with Gasteiger partial charge in [-0.05, 0) is 51.2 Å². The predicted molar refractivity (Wildman–Crippen MR) is 104 cm³/mol. The highest BCUT2D eigenvalue weighted by molar-refractivity contribution is 5.94. The van der Waals surface area contributed by atoms with Gasteiger partial charge < -0.3 is 20.1 Å². The van der Waals surface area contributed by atoms with Crippen molar-refractivity contribution in [1.82, 2.24) is 19.8 Å². The third-order valence-corrected chi connectivity index (χ3v) is 4.77. The second kappa shape index (κ2) is 7.92. The van der Waals surface area contributed by atoms with Crippen LogP contribution in [0.2, 0.25) is 0 Å². The number of nitrogens with zero attached hydrogens (tertiary/aromatic N) is 3. The van der Waals surface area contributed by atoms with Crippen LogP contribution in [0.1, 0.15) is 41.3 Å². The number of aromatic nitrogens is 2. The van der Waals surface area contributed by atoms with Gasteiger partial charge in [0.2, 0.25) is 5.75 Å². The summed E-state index contributed by atoms with van der Waals surface area (Å²) in [6.07, 6.45) is 0. The van der Waals surface area contributed by atoms with Crippen LogP contribution in [0.4, 0.5) is 4.39 Å². The normalized spacial score (nSPS) is 15.2. The van der Waals surface area contributed by atoms with Crippen molar-refractivity contribution in [2.24, 2.45) is 0 Å². The topological polar surface area (TPSA) is 96.7 Å². The largest absolute Gasteiger partial charge is 0.501 e. The molecular weight excluding hydrogens is 379 g/mol. The summed E-state index contributed by atoms with van der Waals surface area (Å²) >= 11 is 0. The van der Waals surface area contributed by atoms with Crippen molar-refractivity contribution in [1.29, 1.82) is 0 Å². The van der Waals surface area contributed by atoms with E-state index < -0.39 is 22.8 Å². The number of halogens is 1. The quantitative estimate of drug-likeness (QED) is 0.781. The average Bonchev–Trinajstić information content (AvgIpc) is 2.63. The first-order valence-corrected chi connectivity index (χ1v) is 9.28. The van der Waals surface area contributed by atoms with Crippen molar-refractivity contribution in [3.05, 3.63) is 57.0 Å². The standard InChI is InChI=1S/C20H25FN4O4/c1-20(2)19-23-15(16(26)18(28)25(19)7-8-29-20)17(27)22-10-12-5-6-14(21)9-13(12)11-24(3)4/h5-6,9,26H,7-8,10-11H2,1-4H3,(H,22,27). The third-order valence-electron chi connectivity index (χ3n) is 4.77. The molecule has 0 radical (unpaired) electrons.